The lowest BCUT2D eigenvalue weighted by Crippen LogP contribution is -2.39. The van der Waals surface area contributed by atoms with E-state index in [1.54, 1.807) is 7.11 Å². The predicted octanol–water partition coefficient (Wildman–Crippen LogP) is 3.63. The van der Waals surface area contributed by atoms with Gasteiger partial charge in [-0.05, 0) is 35.9 Å². The van der Waals surface area contributed by atoms with Crippen LogP contribution in [-0.2, 0) is 14.3 Å². The molecule has 0 radical (unpaired) electrons. The van der Waals surface area contributed by atoms with Gasteiger partial charge in [-0.25, -0.2) is 9.78 Å². The van der Waals surface area contributed by atoms with Crippen LogP contribution < -0.4 is 4.74 Å². The first kappa shape index (κ1) is 17.7. The van der Waals surface area contributed by atoms with Crippen molar-refractivity contribution < 1.29 is 19.0 Å². The zero-order valence-electron chi connectivity index (χ0n) is 16.2. The third-order valence-electron chi connectivity index (χ3n) is 5.44. The van der Waals surface area contributed by atoms with Crippen molar-refractivity contribution in [2.45, 2.75) is 12.3 Å². The van der Waals surface area contributed by atoms with Gasteiger partial charge in [-0.1, -0.05) is 30.3 Å². The molecule has 0 N–H and O–H groups in total. The van der Waals surface area contributed by atoms with Gasteiger partial charge in [0.25, 0.3) is 0 Å². The molecule has 2 aromatic carbocycles. The Morgan fingerprint density at radius 1 is 1.14 bits per heavy atom. The van der Waals surface area contributed by atoms with Crippen LogP contribution in [0.1, 0.15) is 23.0 Å². The molecule has 2 aliphatic rings. The van der Waals surface area contributed by atoms with Gasteiger partial charge in [0.05, 0.1) is 32.0 Å². The molecule has 6 nitrogen and oxygen atoms in total. The molecule has 29 heavy (non-hydrogen) atoms. The van der Waals surface area contributed by atoms with Gasteiger partial charge in [0.2, 0.25) is 0 Å². The van der Waals surface area contributed by atoms with Gasteiger partial charge in [-0.3, -0.25) is 0 Å². The fourth-order valence-corrected chi connectivity index (χ4v) is 4.03. The first-order valence-corrected chi connectivity index (χ1v) is 9.43. The van der Waals surface area contributed by atoms with Crippen molar-refractivity contribution in [3.63, 3.8) is 0 Å². The van der Waals surface area contributed by atoms with Crippen molar-refractivity contribution >= 4 is 28.6 Å². The van der Waals surface area contributed by atoms with E-state index in [9.17, 15) is 4.79 Å². The molecule has 0 bridgehead atoms. The average molecular weight is 388 g/mol. The number of methoxy groups -OCH3 is 2. The average Bonchev–Trinajstić information content (AvgIpc) is 3.22. The number of ether oxygens (including phenoxy) is 3. The molecule has 1 saturated heterocycles. The minimum Gasteiger partial charge on any atom is -0.497 e. The minimum absolute atomic E-state index is 0.261. The number of hydrogen-bond acceptors (Lipinski definition) is 6. The fourth-order valence-electron chi connectivity index (χ4n) is 4.03. The molecule has 0 amide bonds. The Hall–Kier alpha value is -3.38. The summed E-state index contributed by atoms with van der Waals surface area (Å²) in [6, 6.07) is 17.3. The number of esters is 1. The maximum atomic E-state index is 12.5. The molecule has 0 saturated carbocycles. The van der Waals surface area contributed by atoms with E-state index >= 15 is 0 Å². The number of benzene rings is 2. The van der Waals surface area contributed by atoms with Crippen LogP contribution in [-0.4, -0.2) is 42.7 Å². The van der Waals surface area contributed by atoms with E-state index in [4.69, 9.17) is 19.2 Å². The second kappa shape index (κ2) is 6.90. The summed E-state index contributed by atoms with van der Waals surface area (Å²) < 4.78 is 16.5. The highest BCUT2D eigenvalue weighted by Crippen LogP contribution is 2.44. The van der Waals surface area contributed by atoms with E-state index in [1.807, 2.05) is 59.5 Å². The van der Waals surface area contributed by atoms with Gasteiger partial charge in [-0.15, -0.1) is 0 Å². The largest absolute Gasteiger partial charge is 0.497 e. The van der Waals surface area contributed by atoms with E-state index < -0.39 is 12.3 Å². The van der Waals surface area contributed by atoms with Crippen LogP contribution in [0.3, 0.4) is 0 Å². The molecule has 6 heteroatoms. The SMILES string of the molecule is COC(=O)[C@@H]1CO[C@H]2c3cc4cc(OC)ccc4nc3C=C(c3ccccc3)N12. The summed E-state index contributed by atoms with van der Waals surface area (Å²) in [6.45, 7) is 0.261. The van der Waals surface area contributed by atoms with Gasteiger partial charge in [0, 0.05) is 16.6 Å². The van der Waals surface area contributed by atoms with Crippen LogP contribution in [0.5, 0.6) is 5.75 Å². The second-order valence-corrected chi connectivity index (χ2v) is 7.05. The quantitative estimate of drug-likeness (QED) is 0.639. The molecule has 146 valence electrons. The third-order valence-corrected chi connectivity index (χ3v) is 5.44. The fraction of sp³-hybridized carbons (Fsp3) is 0.217. The standard InChI is InChI=1S/C23H20N2O4/c1-27-16-8-9-18-15(10-16)11-17-19(24-18)12-20(14-6-4-3-5-7-14)25-21(23(26)28-2)13-29-22(17)25/h3-12,21-22H,13H2,1-2H3/t21-,22-/m0/s1. The zero-order chi connectivity index (χ0) is 20.0. The monoisotopic (exact) mass is 388 g/mol. The maximum absolute atomic E-state index is 12.5. The molecule has 5 rings (SSSR count). The molecule has 2 aliphatic heterocycles. The summed E-state index contributed by atoms with van der Waals surface area (Å²) in [4.78, 5) is 19.3. The number of aromatic nitrogens is 1. The summed E-state index contributed by atoms with van der Waals surface area (Å²) in [7, 11) is 3.05. The highest BCUT2D eigenvalue weighted by Gasteiger charge is 2.44. The number of fused-ring (bicyclic) bond motifs is 4. The summed E-state index contributed by atoms with van der Waals surface area (Å²) in [5, 5.41) is 0.963. The minimum atomic E-state index is -0.509. The topological polar surface area (TPSA) is 60.9 Å². The van der Waals surface area contributed by atoms with Gasteiger partial charge in [0.1, 0.15) is 5.75 Å². The summed E-state index contributed by atoms with van der Waals surface area (Å²) in [5.41, 5.74) is 4.55. The lowest BCUT2D eigenvalue weighted by molar-refractivity contribution is -0.144. The van der Waals surface area contributed by atoms with Gasteiger partial charge >= 0.3 is 5.97 Å². The number of pyridine rings is 1. The zero-order valence-corrected chi connectivity index (χ0v) is 16.2. The van der Waals surface area contributed by atoms with Crippen molar-refractivity contribution in [2.24, 2.45) is 0 Å². The van der Waals surface area contributed by atoms with Crippen LogP contribution >= 0.6 is 0 Å². The summed E-state index contributed by atoms with van der Waals surface area (Å²) in [5.74, 6) is 0.459. The Morgan fingerprint density at radius 2 is 1.97 bits per heavy atom. The Bertz CT molecular complexity index is 1130. The van der Waals surface area contributed by atoms with E-state index in [0.717, 1.165) is 39.2 Å². The molecule has 2 atom stereocenters. The first-order chi connectivity index (χ1) is 14.2. The van der Waals surface area contributed by atoms with E-state index in [1.165, 1.54) is 7.11 Å². The maximum Gasteiger partial charge on any atom is 0.331 e. The second-order valence-electron chi connectivity index (χ2n) is 7.05. The number of rotatable bonds is 3. The van der Waals surface area contributed by atoms with Crippen LogP contribution in [0.4, 0.5) is 0 Å². The Balaban J connectivity index is 1.71. The lowest BCUT2D eigenvalue weighted by atomic mass is 9.98. The number of carbonyl (C=O) groups excluding carboxylic acids is 1. The van der Waals surface area contributed by atoms with Crippen molar-refractivity contribution in [1.29, 1.82) is 0 Å². The lowest BCUT2D eigenvalue weighted by Gasteiger charge is -2.35. The predicted molar refractivity (Wildman–Crippen MR) is 109 cm³/mol. The first-order valence-electron chi connectivity index (χ1n) is 9.43. The van der Waals surface area contributed by atoms with Crippen LogP contribution in [0.15, 0.2) is 54.6 Å². The van der Waals surface area contributed by atoms with E-state index in [-0.39, 0.29) is 12.6 Å². The number of carbonyl (C=O) groups is 1. The van der Waals surface area contributed by atoms with E-state index in [2.05, 4.69) is 6.07 Å². The Kier molecular flexibility index (Phi) is 4.21. The smallest absolute Gasteiger partial charge is 0.331 e. The highest BCUT2D eigenvalue weighted by atomic mass is 16.5. The van der Waals surface area contributed by atoms with Crippen LogP contribution in [0.25, 0.3) is 22.7 Å². The molecule has 3 aromatic rings. The summed E-state index contributed by atoms with van der Waals surface area (Å²) >= 11 is 0. The molecule has 3 heterocycles. The van der Waals surface area contributed by atoms with Crippen LogP contribution in [0.2, 0.25) is 0 Å². The van der Waals surface area contributed by atoms with Crippen molar-refractivity contribution in [3.8, 4) is 5.75 Å². The number of nitrogens with zero attached hydrogens (tertiary/aromatic N) is 2. The molecule has 0 unspecified atom stereocenters. The Morgan fingerprint density at radius 3 is 2.72 bits per heavy atom. The molecule has 0 spiro atoms. The van der Waals surface area contributed by atoms with Crippen molar-refractivity contribution in [2.75, 3.05) is 20.8 Å². The van der Waals surface area contributed by atoms with Gasteiger partial charge in [-0.2, -0.15) is 0 Å². The Labute approximate surface area is 168 Å². The van der Waals surface area contributed by atoms with E-state index in [0.29, 0.717) is 0 Å². The normalized spacial score (nSPS) is 20.1. The molecule has 1 aromatic heterocycles. The molecule has 1 fully saturated rings. The molecular formula is C23H20N2O4. The third kappa shape index (κ3) is 2.84. The highest BCUT2D eigenvalue weighted by molar-refractivity contribution is 5.90. The summed E-state index contributed by atoms with van der Waals surface area (Å²) in [6.07, 6.45) is 1.62. The number of hydrogen-bond donors (Lipinski definition) is 0. The molecule has 0 aliphatic carbocycles. The van der Waals surface area contributed by atoms with Crippen molar-refractivity contribution in [1.82, 2.24) is 9.88 Å². The van der Waals surface area contributed by atoms with Crippen LogP contribution in [0, 0.1) is 0 Å². The van der Waals surface area contributed by atoms with Gasteiger partial charge < -0.3 is 19.1 Å². The van der Waals surface area contributed by atoms with Crippen molar-refractivity contribution in [3.05, 3.63) is 71.4 Å². The van der Waals surface area contributed by atoms with Gasteiger partial charge in [0.15, 0.2) is 12.3 Å². The molecular weight excluding hydrogens is 368 g/mol.